The molecule has 0 radical (unpaired) electrons. The Labute approximate surface area is 126 Å². The number of carbonyl (C=O) groups is 1. The maximum Gasteiger partial charge on any atom is 0.140 e. The molecule has 2 heteroatoms. The fourth-order valence-electron chi connectivity index (χ4n) is 5.05. The first kappa shape index (κ1) is 16.0. The SMILES string of the molecule is C/C=C(\CC12C(=O)CC(C)(C)C1CCC2C)[Si](C)(C)C. The van der Waals surface area contributed by atoms with E-state index in [1.807, 2.05) is 0 Å². The number of hydrogen-bond acceptors (Lipinski definition) is 1. The Balaban J connectivity index is 2.43. The molecule has 0 heterocycles. The molecular weight excluding hydrogens is 260 g/mol. The second-order valence-corrected chi connectivity index (χ2v) is 14.0. The van der Waals surface area contributed by atoms with Gasteiger partial charge in [0, 0.05) is 11.8 Å². The Bertz CT molecular complexity index is 441. The molecule has 2 aliphatic rings. The van der Waals surface area contributed by atoms with Crippen molar-refractivity contribution in [2.75, 3.05) is 0 Å². The lowest BCUT2D eigenvalue weighted by Gasteiger charge is -2.39. The minimum Gasteiger partial charge on any atom is -0.299 e. The molecule has 0 saturated heterocycles. The highest BCUT2D eigenvalue weighted by Gasteiger charge is 2.63. The molecule has 2 aliphatic carbocycles. The van der Waals surface area contributed by atoms with Crippen LogP contribution in [0.15, 0.2) is 11.3 Å². The molecule has 3 unspecified atom stereocenters. The van der Waals surface area contributed by atoms with Gasteiger partial charge in [-0.05, 0) is 43.4 Å². The summed E-state index contributed by atoms with van der Waals surface area (Å²) in [7, 11) is -1.32. The van der Waals surface area contributed by atoms with E-state index in [1.165, 1.54) is 12.8 Å². The highest BCUT2D eigenvalue weighted by Crippen LogP contribution is 2.65. The van der Waals surface area contributed by atoms with Gasteiger partial charge in [0.15, 0.2) is 0 Å². The van der Waals surface area contributed by atoms with Crippen LogP contribution in [0, 0.1) is 22.7 Å². The van der Waals surface area contributed by atoms with Gasteiger partial charge in [-0.1, -0.05) is 51.7 Å². The third-order valence-electron chi connectivity index (χ3n) is 6.26. The van der Waals surface area contributed by atoms with Gasteiger partial charge in [0.25, 0.3) is 0 Å². The Morgan fingerprint density at radius 2 is 1.90 bits per heavy atom. The van der Waals surface area contributed by atoms with Crippen molar-refractivity contribution < 1.29 is 4.79 Å². The van der Waals surface area contributed by atoms with Crippen molar-refractivity contribution in [2.24, 2.45) is 22.7 Å². The minimum atomic E-state index is -1.32. The van der Waals surface area contributed by atoms with Gasteiger partial charge in [-0.3, -0.25) is 4.79 Å². The summed E-state index contributed by atoms with van der Waals surface area (Å²) in [5, 5.41) is 1.60. The summed E-state index contributed by atoms with van der Waals surface area (Å²) in [6.45, 7) is 16.4. The summed E-state index contributed by atoms with van der Waals surface area (Å²) >= 11 is 0. The maximum atomic E-state index is 13.0. The van der Waals surface area contributed by atoms with Crippen LogP contribution < -0.4 is 0 Å². The second-order valence-electron chi connectivity index (χ2n) is 8.90. The molecule has 0 aromatic rings. The molecule has 2 saturated carbocycles. The molecule has 20 heavy (non-hydrogen) atoms. The van der Waals surface area contributed by atoms with Gasteiger partial charge in [0.2, 0.25) is 0 Å². The van der Waals surface area contributed by atoms with Crippen LogP contribution in [0.3, 0.4) is 0 Å². The first-order valence-corrected chi connectivity index (χ1v) is 11.7. The lowest BCUT2D eigenvalue weighted by molar-refractivity contribution is -0.128. The third-order valence-corrected chi connectivity index (χ3v) is 8.66. The molecular formula is C18H32OSi. The molecule has 3 atom stereocenters. The summed E-state index contributed by atoms with van der Waals surface area (Å²) in [6, 6.07) is 0. The Hall–Kier alpha value is -0.373. The number of fused-ring (bicyclic) bond motifs is 1. The summed E-state index contributed by atoms with van der Waals surface area (Å²) in [5.74, 6) is 1.73. The van der Waals surface area contributed by atoms with Crippen LogP contribution in [0.1, 0.15) is 53.4 Å². The molecule has 0 aromatic heterocycles. The van der Waals surface area contributed by atoms with Gasteiger partial charge in [-0.25, -0.2) is 0 Å². The Kier molecular flexibility index (Phi) is 3.86. The van der Waals surface area contributed by atoms with Gasteiger partial charge in [0.05, 0.1) is 8.07 Å². The van der Waals surface area contributed by atoms with Crippen molar-refractivity contribution in [3.8, 4) is 0 Å². The molecule has 0 N–H and O–H groups in total. The molecule has 0 aromatic carbocycles. The van der Waals surface area contributed by atoms with Crippen LogP contribution in [-0.4, -0.2) is 13.9 Å². The van der Waals surface area contributed by atoms with E-state index in [1.54, 1.807) is 5.20 Å². The van der Waals surface area contributed by atoms with Crippen LogP contribution in [-0.2, 0) is 4.79 Å². The number of Topliss-reactive ketones (excluding diaryl/α,β-unsaturated/α-hetero) is 1. The van der Waals surface area contributed by atoms with Crippen molar-refractivity contribution in [1.29, 1.82) is 0 Å². The summed E-state index contributed by atoms with van der Waals surface area (Å²) in [6.07, 6.45) is 6.66. The molecule has 1 nitrogen and oxygen atoms in total. The van der Waals surface area contributed by atoms with Crippen LogP contribution >= 0.6 is 0 Å². The quantitative estimate of drug-likeness (QED) is 0.651. The second kappa shape index (κ2) is 4.83. The molecule has 0 aliphatic heterocycles. The predicted molar refractivity (Wildman–Crippen MR) is 89.4 cm³/mol. The number of ketones is 1. The minimum absolute atomic E-state index is 0.0361. The van der Waals surface area contributed by atoms with Gasteiger partial charge < -0.3 is 0 Å². The normalized spacial score (nSPS) is 37.4. The zero-order valence-electron chi connectivity index (χ0n) is 14.5. The Morgan fingerprint density at radius 3 is 2.40 bits per heavy atom. The van der Waals surface area contributed by atoms with Crippen molar-refractivity contribution in [2.45, 2.75) is 73.0 Å². The van der Waals surface area contributed by atoms with E-state index in [0.29, 0.717) is 17.6 Å². The average Bonchev–Trinajstić information content (AvgIpc) is 2.71. The van der Waals surface area contributed by atoms with E-state index in [4.69, 9.17) is 0 Å². The molecule has 0 bridgehead atoms. The third kappa shape index (κ3) is 2.24. The van der Waals surface area contributed by atoms with E-state index in [-0.39, 0.29) is 10.8 Å². The number of hydrogen-bond donors (Lipinski definition) is 0. The standard InChI is InChI=1S/C18H32OSi/c1-8-14(20(5,6)7)11-18-13(2)9-10-15(18)17(3,4)12-16(18)19/h8,13,15H,9-12H2,1-7H3/b14-8+. The summed E-state index contributed by atoms with van der Waals surface area (Å²) in [5.41, 5.74) is 0.172. The largest absolute Gasteiger partial charge is 0.299 e. The lowest BCUT2D eigenvalue weighted by atomic mass is 9.67. The van der Waals surface area contributed by atoms with Crippen molar-refractivity contribution in [3.63, 3.8) is 0 Å². The van der Waals surface area contributed by atoms with Crippen LogP contribution in [0.2, 0.25) is 19.6 Å². The smallest absolute Gasteiger partial charge is 0.140 e. The lowest BCUT2D eigenvalue weighted by Crippen LogP contribution is -2.39. The molecule has 114 valence electrons. The predicted octanol–water partition coefficient (Wildman–Crippen LogP) is 5.23. The number of carbonyl (C=O) groups excluding carboxylic acids is 1. The van der Waals surface area contributed by atoms with Crippen molar-refractivity contribution in [3.05, 3.63) is 11.3 Å². The maximum absolute atomic E-state index is 13.0. The number of rotatable bonds is 3. The number of allylic oxidation sites excluding steroid dienone is 2. The fraction of sp³-hybridized carbons (Fsp3) is 0.833. The average molecular weight is 293 g/mol. The Morgan fingerprint density at radius 1 is 1.30 bits per heavy atom. The van der Waals surface area contributed by atoms with Gasteiger partial charge in [-0.2, -0.15) is 0 Å². The van der Waals surface area contributed by atoms with Crippen LogP contribution in [0.25, 0.3) is 0 Å². The first-order valence-electron chi connectivity index (χ1n) is 8.24. The van der Waals surface area contributed by atoms with E-state index in [0.717, 1.165) is 12.8 Å². The summed E-state index contributed by atoms with van der Waals surface area (Å²) in [4.78, 5) is 13.0. The summed E-state index contributed by atoms with van der Waals surface area (Å²) < 4.78 is 0. The zero-order valence-corrected chi connectivity index (χ0v) is 15.5. The highest BCUT2D eigenvalue weighted by atomic mass is 28.3. The van der Waals surface area contributed by atoms with E-state index in [9.17, 15) is 4.79 Å². The van der Waals surface area contributed by atoms with E-state index < -0.39 is 8.07 Å². The zero-order chi connectivity index (χ0) is 15.3. The van der Waals surface area contributed by atoms with E-state index >= 15 is 0 Å². The molecule has 0 spiro atoms. The van der Waals surface area contributed by atoms with Crippen molar-refractivity contribution in [1.82, 2.24) is 0 Å². The van der Waals surface area contributed by atoms with Gasteiger partial charge >= 0.3 is 0 Å². The van der Waals surface area contributed by atoms with Crippen molar-refractivity contribution >= 4 is 13.9 Å². The molecule has 2 rings (SSSR count). The van der Waals surface area contributed by atoms with Crippen LogP contribution in [0.5, 0.6) is 0 Å². The fourth-order valence-corrected chi connectivity index (χ4v) is 6.73. The van der Waals surface area contributed by atoms with Gasteiger partial charge in [0.1, 0.15) is 5.78 Å². The first-order chi connectivity index (χ1) is 9.05. The monoisotopic (exact) mass is 292 g/mol. The molecule has 2 fully saturated rings. The topological polar surface area (TPSA) is 17.1 Å². The highest BCUT2D eigenvalue weighted by molar-refractivity contribution is 6.83. The van der Waals surface area contributed by atoms with E-state index in [2.05, 4.69) is 53.4 Å². The van der Waals surface area contributed by atoms with Gasteiger partial charge in [-0.15, -0.1) is 0 Å². The van der Waals surface area contributed by atoms with Crippen LogP contribution in [0.4, 0.5) is 0 Å². The molecule has 0 amide bonds.